The fourth-order valence-corrected chi connectivity index (χ4v) is 2.02. The number of hydrazine groups is 2. The smallest absolute Gasteiger partial charge is 0.238 e. The molecule has 0 fully saturated rings. The summed E-state index contributed by atoms with van der Waals surface area (Å²) >= 11 is 0. The molecule has 0 heterocycles. The second-order valence-corrected chi connectivity index (χ2v) is 5.29. The number of unbranched alkanes of at least 4 members (excludes halogenated alkanes) is 1. The minimum Gasteiger partial charge on any atom is -0.299 e. The highest BCUT2D eigenvalue weighted by Gasteiger charge is 2.04. The van der Waals surface area contributed by atoms with Gasteiger partial charge in [-0.1, -0.05) is 36.4 Å². The second kappa shape index (κ2) is 9.89. The molecular formula is C18H22N4O2. The van der Waals surface area contributed by atoms with Gasteiger partial charge >= 0.3 is 0 Å². The van der Waals surface area contributed by atoms with E-state index < -0.39 is 0 Å². The second-order valence-electron chi connectivity index (χ2n) is 5.29. The van der Waals surface area contributed by atoms with Crippen LogP contribution in [0, 0.1) is 0 Å². The topological polar surface area (TPSA) is 82.3 Å². The molecular weight excluding hydrogens is 304 g/mol. The van der Waals surface area contributed by atoms with E-state index in [1.165, 1.54) is 0 Å². The van der Waals surface area contributed by atoms with E-state index in [0.717, 1.165) is 11.4 Å². The number of anilines is 2. The van der Waals surface area contributed by atoms with Crippen LogP contribution in [-0.2, 0) is 9.59 Å². The number of carbonyl (C=O) groups is 2. The maximum atomic E-state index is 11.7. The van der Waals surface area contributed by atoms with Crippen LogP contribution in [0.15, 0.2) is 60.7 Å². The number of rotatable bonds is 9. The van der Waals surface area contributed by atoms with E-state index in [0.29, 0.717) is 25.7 Å². The van der Waals surface area contributed by atoms with Gasteiger partial charge in [0.2, 0.25) is 11.8 Å². The van der Waals surface area contributed by atoms with E-state index in [2.05, 4.69) is 21.7 Å². The Kier molecular flexibility index (Phi) is 7.14. The van der Waals surface area contributed by atoms with E-state index in [9.17, 15) is 9.59 Å². The van der Waals surface area contributed by atoms with Crippen molar-refractivity contribution in [1.29, 1.82) is 0 Å². The molecule has 24 heavy (non-hydrogen) atoms. The number of hydrogen-bond acceptors (Lipinski definition) is 4. The summed E-state index contributed by atoms with van der Waals surface area (Å²) in [5.74, 6) is -0.191. The summed E-state index contributed by atoms with van der Waals surface area (Å²) in [6.07, 6.45) is 2.06. The van der Waals surface area contributed by atoms with Crippen LogP contribution in [0.3, 0.4) is 0 Å². The van der Waals surface area contributed by atoms with E-state index >= 15 is 0 Å². The van der Waals surface area contributed by atoms with Crippen LogP contribution >= 0.6 is 0 Å². The van der Waals surface area contributed by atoms with Gasteiger partial charge in [0, 0.05) is 12.8 Å². The van der Waals surface area contributed by atoms with Crippen LogP contribution in [-0.4, -0.2) is 11.8 Å². The molecule has 0 saturated heterocycles. The highest BCUT2D eigenvalue weighted by molar-refractivity contribution is 5.78. The van der Waals surface area contributed by atoms with E-state index in [1.54, 1.807) is 0 Å². The number of benzene rings is 2. The Bertz CT molecular complexity index is 574. The van der Waals surface area contributed by atoms with Crippen molar-refractivity contribution in [2.24, 2.45) is 0 Å². The van der Waals surface area contributed by atoms with Gasteiger partial charge in [0.25, 0.3) is 0 Å². The van der Waals surface area contributed by atoms with Crippen molar-refractivity contribution in [3.8, 4) is 0 Å². The van der Waals surface area contributed by atoms with Gasteiger partial charge in [0.05, 0.1) is 11.4 Å². The van der Waals surface area contributed by atoms with E-state index in [4.69, 9.17) is 0 Å². The highest BCUT2D eigenvalue weighted by atomic mass is 16.2. The van der Waals surface area contributed by atoms with Crippen LogP contribution in [0.1, 0.15) is 25.7 Å². The standard InChI is InChI=1S/C18H22N4O2/c23-17(21-19-15-9-3-1-4-10-15)13-7-8-14-18(24)22-20-16-11-5-2-6-12-16/h1-6,9-12,19-20H,7-8,13-14H2,(H,21,23)(H,22,24). The Balaban J connectivity index is 1.52. The molecule has 0 aliphatic rings. The average molecular weight is 326 g/mol. The maximum Gasteiger partial charge on any atom is 0.238 e. The lowest BCUT2D eigenvalue weighted by molar-refractivity contribution is -0.122. The third-order valence-electron chi connectivity index (χ3n) is 3.30. The van der Waals surface area contributed by atoms with E-state index in [1.807, 2.05) is 60.7 Å². The SMILES string of the molecule is O=C(CCCCC(=O)NNc1ccccc1)NNc1ccccc1. The molecule has 0 aromatic heterocycles. The molecule has 0 aliphatic heterocycles. The normalized spacial score (nSPS) is 9.83. The molecule has 126 valence electrons. The first-order valence-corrected chi connectivity index (χ1v) is 7.94. The fraction of sp³-hybridized carbons (Fsp3) is 0.222. The van der Waals surface area contributed by atoms with Gasteiger partial charge in [-0.25, -0.2) is 0 Å². The van der Waals surface area contributed by atoms with Gasteiger partial charge in [-0.2, -0.15) is 0 Å². The average Bonchev–Trinajstić information content (AvgIpc) is 2.63. The molecule has 2 aromatic carbocycles. The molecule has 0 aliphatic carbocycles. The zero-order valence-electron chi connectivity index (χ0n) is 13.4. The molecule has 0 spiro atoms. The summed E-state index contributed by atoms with van der Waals surface area (Å²) in [7, 11) is 0. The van der Waals surface area contributed by atoms with Crippen molar-refractivity contribution in [3.05, 3.63) is 60.7 Å². The quantitative estimate of drug-likeness (QED) is 0.422. The molecule has 0 bridgehead atoms. The van der Waals surface area contributed by atoms with Gasteiger partial charge < -0.3 is 0 Å². The molecule has 4 N–H and O–H groups in total. The minimum atomic E-state index is -0.0957. The van der Waals surface area contributed by atoms with Crippen LogP contribution in [0.5, 0.6) is 0 Å². The monoisotopic (exact) mass is 326 g/mol. The van der Waals surface area contributed by atoms with Gasteiger partial charge in [0.15, 0.2) is 0 Å². The largest absolute Gasteiger partial charge is 0.299 e. The number of para-hydroxylation sites is 2. The van der Waals surface area contributed by atoms with Crippen molar-refractivity contribution in [2.45, 2.75) is 25.7 Å². The Hall–Kier alpha value is -3.02. The molecule has 2 amide bonds. The highest BCUT2D eigenvalue weighted by Crippen LogP contribution is 2.05. The lowest BCUT2D eigenvalue weighted by Crippen LogP contribution is -2.30. The first-order chi connectivity index (χ1) is 11.7. The Morgan fingerprint density at radius 1 is 0.625 bits per heavy atom. The van der Waals surface area contributed by atoms with Gasteiger partial charge in [0.1, 0.15) is 0 Å². The molecule has 0 atom stereocenters. The Morgan fingerprint density at radius 2 is 1.00 bits per heavy atom. The number of hydrogen-bond donors (Lipinski definition) is 4. The third kappa shape index (κ3) is 6.83. The zero-order chi connectivity index (χ0) is 17.0. The summed E-state index contributed by atoms with van der Waals surface area (Å²) in [4.78, 5) is 23.4. The lowest BCUT2D eigenvalue weighted by Gasteiger charge is -2.09. The predicted molar refractivity (Wildman–Crippen MR) is 94.9 cm³/mol. The zero-order valence-corrected chi connectivity index (χ0v) is 13.4. The van der Waals surface area contributed by atoms with Crippen molar-refractivity contribution >= 4 is 23.2 Å². The summed E-state index contributed by atoms with van der Waals surface area (Å²) in [6, 6.07) is 18.8. The van der Waals surface area contributed by atoms with Crippen LogP contribution in [0.25, 0.3) is 0 Å². The summed E-state index contributed by atoms with van der Waals surface area (Å²) in [5, 5.41) is 0. The number of carbonyl (C=O) groups excluding carboxylic acids is 2. The van der Waals surface area contributed by atoms with Crippen LogP contribution in [0.2, 0.25) is 0 Å². The van der Waals surface area contributed by atoms with E-state index in [-0.39, 0.29) is 11.8 Å². The van der Waals surface area contributed by atoms with Crippen molar-refractivity contribution in [2.75, 3.05) is 10.9 Å². The molecule has 0 radical (unpaired) electrons. The molecule has 0 unspecified atom stereocenters. The Labute approximate surface area is 141 Å². The van der Waals surface area contributed by atoms with Crippen molar-refractivity contribution in [3.63, 3.8) is 0 Å². The maximum absolute atomic E-state index is 11.7. The van der Waals surface area contributed by atoms with Crippen molar-refractivity contribution < 1.29 is 9.59 Å². The minimum absolute atomic E-state index is 0.0957. The number of amides is 2. The molecule has 0 saturated carbocycles. The van der Waals surface area contributed by atoms with Gasteiger partial charge in [-0.05, 0) is 37.1 Å². The van der Waals surface area contributed by atoms with Gasteiger partial charge in [-0.3, -0.25) is 31.3 Å². The molecule has 2 rings (SSSR count). The fourth-order valence-electron chi connectivity index (χ4n) is 2.02. The summed E-state index contributed by atoms with van der Waals surface area (Å²) in [6.45, 7) is 0. The van der Waals surface area contributed by atoms with Gasteiger partial charge in [-0.15, -0.1) is 0 Å². The number of nitrogens with one attached hydrogen (secondary N) is 4. The molecule has 6 heteroatoms. The summed E-state index contributed by atoms with van der Waals surface area (Å²) in [5.41, 5.74) is 12.6. The lowest BCUT2D eigenvalue weighted by atomic mass is 10.2. The first-order valence-electron chi connectivity index (χ1n) is 7.94. The molecule has 2 aromatic rings. The third-order valence-corrected chi connectivity index (χ3v) is 3.30. The predicted octanol–water partition coefficient (Wildman–Crippen LogP) is 2.83. The summed E-state index contributed by atoms with van der Waals surface area (Å²) < 4.78 is 0. The van der Waals surface area contributed by atoms with Crippen LogP contribution in [0.4, 0.5) is 11.4 Å². The first kappa shape index (κ1) is 17.3. The van der Waals surface area contributed by atoms with Crippen LogP contribution < -0.4 is 21.7 Å². The molecule has 6 nitrogen and oxygen atoms in total. The van der Waals surface area contributed by atoms with Crippen molar-refractivity contribution in [1.82, 2.24) is 10.9 Å². The Morgan fingerprint density at radius 3 is 1.38 bits per heavy atom.